The zero-order valence-electron chi connectivity index (χ0n) is 9.56. The smallest absolute Gasteiger partial charge is 0.317 e. The Bertz CT molecular complexity index is 356. The molecule has 1 aromatic heterocycles. The van der Waals surface area contributed by atoms with Crippen molar-refractivity contribution in [1.29, 1.82) is 0 Å². The van der Waals surface area contributed by atoms with E-state index in [0.717, 1.165) is 19.1 Å². The van der Waals surface area contributed by atoms with Gasteiger partial charge >= 0.3 is 6.01 Å². The summed E-state index contributed by atoms with van der Waals surface area (Å²) in [5.74, 6) is 0.385. The van der Waals surface area contributed by atoms with Crippen molar-refractivity contribution in [2.45, 2.75) is 45.1 Å². The summed E-state index contributed by atoms with van der Waals surface area (Å²) < 4.78 is 7.26. The largest absolute Gasteiger partial charge is 0.464 e. The summed E-state index contributed by atoms with van der Waals surface area (Å²) in [6, 6.07) is 0.807. The van der Waals surface area contributed by atoms with Crippen LogP contribution in [0.4, 0.5) is 0 Å². The van der Waals surface area contributed by atoms with Crippen LogP contribution in [-0.4, -0.2) is 27.7 Å². The van der Waals surface area contributed by atoms with Gasteiger partial charge in [0.1, 0.15) is 0 Å². The lowest BCUT2D eigenvalue weighted by molar-refractivity contribution is 0.110. The Morgan fingerprint density at radius 1 is 1.38 bits per heavy atom. The third kappa shape index (κ3) is 2.08. The molecule has 0 radical (unpaired) electrons. The molecule has 0 amide bonds. The van der Waals surface area contributed by atoms with Gasteiger partial charge in [-0.25, -0.2) is 0 Å². The number of ether oxygens (including phenoxy) is 1. The van der Waals surface area contributed by atoms with Crippen molar-refractivity contribution in [3.63, 3.8) is 0 Å². The molecule has 1 fully saturated rings. The summed E-state index contributed by atoms with van der Waals surface area (Å²) in [6.07, 6.45) is 6.60. The minimum atomic E-state index is 0.325. The van der Waals surface area contributed by atoms with Crippen molar-refractivity contribution in [2.24, 2.45) is 0 Å². The van der Waals surface area contributed by atoms with Crippen molar-refractivity contribution >= 4 is 6.29 Å². The third-order valence-electron chi connectivity index (χ3n) is 3.01. The second-order valence-electron chi connectivity index (χ2n) is 4.05. The molecular weight excluding hydrogens is 206 g/mol. The lowest BCUT2D eigenvalue weighted by atomic mass is 9.95. The molecule has 0 aliphatic heterocycles. The van der Waals surface area contributed by atoms with E-state index in [0.29, 0.717) is 24.5 Å². The van der Waals surface area contributed by atoms with Crippen LogP contribution >= 0.6 is 0 Å². The first-order valence-electron chi connectivity index (χ1n) is 5.89. The van der Waals surface area contributed by atoms with Crippen molar-refractivity contribution in [1.82, 2.24) is 14.8 Å². The Morgan fingerprint density at radius 3 is 2.75 bits per heavy atom. The van der Waals surface area contributed by atoms with Gasteiger partial charge in [0, 0.05) is 6.04 Å². The van der Waals surface area contributed by atoms with E-state index in [4.69, 9.17) is 4.74 Å². The molecule has 0 N–H and O–H groups in total. The summed E-state index contributed by atoms with van der Waals surface area (Å²) in [6.45, 7) is 2.45. The summed E-state index contributed by atoms with van der Waals surface area (Å²) in [7, 11) is 0. The van der Waals surface area contributed by atoms with Crippen LogP contribution in [0.25, 0.3) is 0 Å². The van der Waals surface area contributed by atoms with Crippen molar-refractivity contribution in [3.8, 4) is 6.01 Å². The van der Waals surface area contributed by atoms with Crippen molar-refractivity contribution in [2.75, 3.05) is 6.61 Å². The maximum absolute atomic E-state index is 10.9. The van der Waals surface area contributed by atoms with E-state index in [1.165, 1.54) is 19.3 Å². The Hall–Kier alpha value is -1.39. The van der Waals surface area contributed by atoms with Crippen LogP contribution < -0.4 is 4.74 Å². The molecule has 5 heteroatoms. The SMILES string of the molecule is CCOc1nnc(C=O)n1C1CCCCC1. The number of hydrogen-bond donors (Lipinski definition) is 0. The molecule has 0 atom stereocenters. The summed E-state index contributed by atoms with van der Waals surface area (Å²) >= 11 is 0. The number of aldehydes is 1. The van der Waals surface area contributed by atoms with Crippen LogP contribution in [0.2, 0.25) is 0 Å². The number of carbonyl (C=O) groups is 1. The Kier molecular flexibility index (Phi) is 3.54. The van der Waals surface area contributed by atoms with E-state index >= 15 is 0 Å². The second-order valence-corrected chi connectivity index (χ2v) is 4.05. The number of carbonyl (C=O) groups excluding carboxylic acids is 1. The molecule has 0 bridgehead atoms. The first-order valence-corrected chi connectivity index (χ1v) is 5.89. The minimum absolute atomic E-state index is 0.325. The molecule has 1 aromatic rings. The highest BCUT2D eigenvalue weighted by molar-refractivity contribution is 5.69. The fourth-order valence-corrected chi connectivity index (χ4v) is 2.28. The van der Waals surface area contributed by atoms with Gasteiger partial charge in [-0.15, -0.1) is 5.10 Å². The van der Waals surface area contributed by atoms with Gasteiger partial charge in [-0.3, -0.25) is 9.36 Å². The highest BCUT2D eigenvalue weighted by Gasteiger charge is 2.23. The topological polar surface area (TPSA) is 57.0 Å². The lowest BCUT2D eigenvalue weighted by Gasteiger charge is -2.24. The first kappa shape index (κ1) is 11.1. The van der Waals surface area contributed by atoms with Crippen molar-refractivity contribution < 1.29 is 9.53 Å². The first-order chi connectivity index (χ1) is 7.86. The van der Waals surface area contributed by atoms with Gasteiger partial charge in [-0.1, -0.05) is 24.4 Å². The average molecular weight is 223 g/mol. The Labute approximate surface area is 94.8 Å². The van der Waals surface area contributed by atoms with E-state index < -0.39 is 0 Å². The standard InChI is InChI=1S/C11H17N3O2/c1-2-16-11-13-12-10(8-15)14(11)9-6-4-3-5-7-9/h8-9H,2-7H2,1H3. The molecule has 88 valence electrons. The van der Waals surface area contributed by atoms with Gasteiger partial charge in [0.2, 0.25) is 0 Å². The van der Waals surface area contributed by atoms with E-state index in [-0.39, 0.29) is 0 Å². The quantitative estimate of drug-likeness (QED) is 0.732. The van der Waals surface area contributed by atoms with Crippen LogP contribution in [0, 0.1) is 0 Å². The molecule has 1 aliphatic carbocycles. The highest BCUT2D eigenvalue weighted by atomic mass is 16.5. The van der Waals surface area contributed by atoms with Gasteiger partial charge in [0.15, 0.2) is 12.1 Å². The van der Waals surface area contributed by atoms with E-state index in [9.17, 15) is 4.79 Å². The fourth-order valence-electron chi connectivity index (χ4n) is 2.28. The molecule has 16 heavy (non-hydrogen) atoms. The third-order valence-corrected chi connectivity index (χ3v) is 3.01. The van der Waals surface area contributed by atoms with E-state index in [2.05, 4.69) is 10.2 Å². The van der Waals surface area contributed by atoms with Crippen LogP contribution in [0.5, 0.6) is 6.01 Å². The summed E-state index contributed by atoms with van der Waals surface area (Å²) in [5, 5.41) is 7.76. The van der Waals surface area contributed by atoms with Crippen LogP contribution in [-0.2, 0) is 0 Å². The Balaban J connectivity index is 2.27. The zero-order chi connectivity index (χ0) is 11.4. The number of rotatable bonds is 4. The van der Waals surface area contributed by atoms with Gasteiger partial charge in [0.05, 0.1) is 6.61 Å². The molecule has 0 spiro atoms. The van der Waals surface area contributed by atoms with Gasteiger partial charge in [-0.2, -0.15) is 0 Å². The molecule has 1 saturated carbocycles. The minimum Gasteiger partial charge on any atom is -0.464 e. The second kappa shape index (κ2) is 5.09. The highest BCUT2D eigenvalue weighted by Crippen LogP contribution is 2.31. The fraction of sp³-hybridized carbons (Fsp3) is 0.727. The predicted octanol–water partition coefficient (Wildman–Crippen LogP) is 1.99. The maximum atomic E-state index is 10.9. The van der Waals surface area contributed by atoms with Crippen molar-refractivity contribution in [3.05, 3.63) is 5.82 Å². The average Bonchev–Trinajstić information content (AvgIpc) is 2.74. The number of nitrogens with zero attached hydrogens (tertiary/aromatic N) is 3. The van der Waals surface area contributed by atoms with Gasteiger partial charge in [0.25, 0.3) is 0 Å². The monoisotopic (exact) mass is 223 g/mol. The van der Waals surface area contributed by atoms with E-state index in [1.807, 2.05) is 11.5 Å². The molecular formula is C11H17N3O2. The van der Waals surface area contributed by atoms with Crippen LogP contribution in [0.15, 0.2) is 0 Å². The van der Waals surface area contributed by atoms with Crippen LogP contribution in [0.3, 0.4) is 0 Å². The van der Waals surface area contributed by atoms with Gasteiger partial charge in [-0.05, 0) is 19.8 Å². The van der Waals surface area contributed by atoms with Crippen LogP contribution in [0.1, 0.15) is 55.7 Å². The molecule has 2 rings (SSSR count). The molecule has 0 aromatic carbocycles. The molecule has 0 unspecified atom stereocenters. The molecule has 1 aliphatic rings. The maximum Gasteiger partial charge on any atom is 0.317 e. The predicted molar refractivity (Wildman–Crippen MR) is 58.7 cm³/mol. The Morgan fingerprint density at radius 2 is 2.12 bits per heavy atom. The lowest BCUT2D eigenvalue weighted by Crippen LogP contribution is -2.17. The summed E-state index contributed by atoms with van der Waals surface area (Å²) in [5.41, 5.74) is 0. The molecule has 5 nitrogen and oxygen atoms in total. The number of hydrogen-bond acceptors (Lipinski definition) is 4. The molecule has 1 heterocycles. The zero-order valence-corrected chi connectivity index (χ0v) is 9.56. The number of aromatic nitrogens is 3. The van der Waals surface area contributed by atoms with E-state index in [1.54, 1.807) is 0 Å². The normalized spacial score (nSPS) is 17.3. The molecule has 0 saturated heterocycles. The summed E-state index contributed by atoms with van der Waals surface area (Å²) in [4.78, 5) is 10.9. The van der Waals surface area contributed by atoms with Gasteiger partial charge < -0.3 is 4.74 Å².